The van der Waals surface area contributed by atoms with E-state index in [1.165, 1.54) is 37.8 Å². The van der Waals surface area contributed by atoms with Crippen molar-refractivity contribution in [2.45, 2.75) is 63.1 Å². The lowest BCUT2D eigenvalue weighted by Gasteiger charge is -2.47. The van der Waals surface area contributed by atoms with Gasteiger partial charge in [0.05, 0.1) is 0 Å². The van der Waals surface area contributed by atoms with E-state index in [1.807, 2.05) is 12.1 Å². The Hall–Kier alpha value is -2.41. The van der Waals surface area contributed by atoms with E-state index in [9.17, 15) is 19.1 Å². The summed E-state index contributed by atoms with van der Waals surface area (Å²) in [7, 11) is 0. The number of piperazine rings is 1. The monoisotopic (exact) mass is 441 g/mol. The minimum absolute atomic E-state index is 0.0141. The molecule has 1 heterocycles. The standard InChI is InChI=1S/C25H32FN3O3/c26-18-6-8-19(9-7-18)28-11-12-29(20-3-1-2-4-20)22(15-28)21-14-25(21)13-17(24(31)32)5-10-23(25)27-16-30/h5-9,16,20-23H,1-4,10-15H2,(H,27,30)(H,31,32). The Labute approximate surface area is 188 Å². The molecule has 3 fully saturated rings. The number of carbonyl (C=O) groups is 2. The van der Waals surface area contributed by atoms with Crippen molar-refractivity contribution in [1.29, 1.82) is 0 Å². The molecule has 2 saturated carbocycles. The van der Waals surface area contributed by atoms with Crippen LogP contribution >= 0.6 is 0 Å². The van der Waals surface area contributed by atoms with E-state index in [2.05, 4.69) is 15.1 Å². The number of carbonyl (C=O) groups excluding carboxylic acids is 1. The summed E-state index contributed by atoms with van der Waals surface area (Å²) in [4.78, 5) is 28.1. The molecule has 1 spiro atoms. The molecule has 3 aliphatic carbocycles. The highest BCUT2D eigenvalue weighted by atomic mass is 19.1. The SMILES string of the molecule is O=CNC1CC=C(C(=O)O)CC12CC2C1CN(c2ccc(F)cc2)CCN1C1CCCC1. The van der Waals surface area contributed by atoms with Gasteiger partial charge in [-0.15, -0.1) is 0 Å². The van der Waals surface area contributed by atoms with E-state index in [1.54, 1.807) is 6.08 Å². The number of halogens is 1. The maximum absolute atomic E-state index is 13.5. The van der Waals surface area contributed by atoms with E-state index in [4.69, 9.17) is 0 Å². The molecule has 2 N–H and O–H groups in total. The lowest BCUT2D eigenvalue weighted by molar-refractivity contribution is -0.133. The Morgan fingerprint density at radius 1 is 1.19 bits per heavy atom. The first-order chi connectivity index (χ1) is 15.5. The van der Waals surface area contributed by atoms with Crippen LogP contribution in [0.5, 0.6) is 0 Å². The summed E-state index contributed by atoms with van der Waals surface area (Å²) in [6, 6.07) is 7.61. The number of nitrogens with zero attached hydrogens (tertiary/aromatic N) is 2. The molecule has 1 aromatic rings. The van der Waals surface area contributed by atoms with Gasteiger partial charge in [-0.1, -0.05) is 18.9 Å². The summed E-state index contributed by atoms with van der Waals surface area (Å²) in [6.07, 6.45) is 9.57. The van der Waals surface area contributed by atoms with Crippen LogP contribution in [0.1, 0.15) is 44.9 Å². The Bertz CT molecular complexity index is 898. The second kappa shape index (κ2) is 8.50. The van der Waals surface area contributed by atoms with Crippen LogP contribution in [0.3, 0.4) is 0 Å². The number of nitrogens with one attached hydrogen (secondary N) is 1. The minimum atomic E-state index is -0.844. The highest BCUT2D eigenvalue weighted by Gasteiger charge is 2.64. The van der Waals surface area contributed by atoms with Gasteiger partial charge in [0.25, 0.3) is 0 Å². The van der Waals surface area contributed by atoms with Crippen molar-refractivity contribution in [3.63, 3.8) is 0 Å². The molecule has 7 heteroatoms. The smallest absolute Gasteiger partial charge is 0.331 e. The maximum Gasteiger partial charge on any atom is 0.331 e. The molecule has 6 nitrogen and oxygen atoms in total. The average molecular weight is 442 g/mol. The lowest BCUT2D eigenvalue weighted by Crippen LogP contribution is -2.58. The number of carboxylic acid groups (broad SMARTS) is 1. The third kappa shape index (κ3) is 3.81. The van der Waals surface area contributed by atoms with Gasteiger partial charge in [-0.25, -0.2) is 9.18 Å². The number of amides is 1. The van der Waals surface area contributed by atoms with Crippen LogP contribution in [0.15, 0.2) is 35.9 Å². The van der Waals surface area contributed by atoms with Gasteiger partial charge in [-0.05, 0) is 67.7 Å². The number of hydrogen-bond donors (Lipinski definition) is 2. The molecule has 32 heavy (non-hydrogen) atoms. The van der Waals surface area contributed by atoms with Crippen LogP contribution in [0.4, 0.5) is 10.1 Å². The molecular formula is C25H32FN3O3. The van der Waals surface area contributed by atoms with E-state index < -0.39 is 5.97 Å². The normalized spacial score (nSPS) is 33.2. The maximum atomic E-state index is 13.5. The van der Waals surface area contributed by atoms with E-state index in [-0.39, 0.29) is 17.3 Å². The highest BCUT2D eigenvalue weighted by molar-refractivity contribution is 5.87. The molecule has 4 unspecified atom stereocenters. The molecule has 4 atom stereocenters. The van der Waals surface area contributed by atoms with Crippen molar-refractivity contribution in [2.24, 2.45) is 11.3 Å². The van der Waals surface area contributed by atoms with Crippen molar-refractivity contribution in [3.8, 4) is 0 Å². The topological polar surface area (TPSA) is 72.9 Å². The molecular weight excluding hydrogens is 409 g/mol. The Balaban J connectivity index is 1.42. The first-order valence-corrected chi connectivity index (χ1v) is 11.9. The Kier molecular flexibility index (Phi) is 5.70. The number of aliphatic carboxylic acids is 1. The molecule has 5 rings (SSSR count). The van der Waals surface area contributed by atoms with Crippen molar-refractivity contribution < 1.29 is 19.1 Å². The summed E-state index contributed by atoms with van der Waals surface area (Å²) < 4.78 is 13.5. The lowest BCUT2D eigenvalue weighted by atomic mass is 9.78. The molecule has 1 aromatic carbocycles. The first-order valence-electron chi connectivity index (χ1n) is 11.9. The van der Waals surface area contributed by atoms with Gasteiger partial charge in [0, 0.05) is 49.0 Å². The number of benzene rings is 1. The van der Waals surface area contributed by atoms with Gasteiger partial charge in [0.2, 0.25) is 6.41 Å². The van der Waals surface area contributed by atoms with Crippen molar-refractivity contribution in [3.05, 3.63) is 41.7 Å². The molecule has 0 aromatic heterocycles. The van der Waals surface area contributed by atoms with Crippen molar-refractivity contribution in [1.82, 2.24) is 10.2 Å². The predicted molar refractivity (Wildman–Crippen MR) is 120 cm³/mol. The van der Waals surface area contributed by atoms with Gasteiger partial charge in [0.15, 0.2) is 0 Å². The summed E-state index contributed by atoms with van der Waals surface area (Å²) in [5.41, 5.74) is 1.33. The third-order valence-corrected chi connectivity index (χ3v) is 8.45. The number of hydrogen-bond acceptors (Lipinski definition) is 4. The second-order valence-electron chi connectivity index (χ2n) is 9.99. The van der Waals surface area contributed by atoms with Gasteiger partial charge >= 0.3 is 5.97 Å². The zero-order valence-corrected chi connectivity index (χ0v) is 18.4. The fourth-order valence-corrected chi connectivity index (χ4v) is 6.76. The Morgan fingerprint density at radius 3 is 2.62 bits per heavy atom. The fraction of sp³-hybridized carbons (Fsp3) is 0.600. The second-order valence-corrected chi connectivity index (χ2v) is 9.99. The van der Waals surface area contributed by atoms with Crippen LogP contribution in [0.2, 0.25) is 0 Å². The summed E-state index contributed by atoms with van der Waals surface area (Å²) in [6.45, 7) is 2.73. The summed E-state index contributed by atoms with van der Waals surface area (Å²) in [5.74, 6) is -0.732. The fourth-order valence-electron chi connectivity index (χ4n) is 6.76. The van der Waals surface area contributed by atoms with E-state index in [0.717, 1.165) is 38.2 Å². The zero-order valence-electron chi connectivity index (χ0n) is 18.4. The van der Waals surface area contributed by atoms with Gasteiger partial charge in [0.1, 0.15) is 5.82 Å². The molecule has 1 aliphatic heterocycles. The highest BCUT2D eigenvalue weighted by Crippen LogP contribution is 2.64. The zero-order chi connectivity index (χ0) is 22.3. The number of rotatable bonds is 6. The third-order valence-electron chi connectivity index (χ3n) is 8.45. The number of carboxylic acids is 1. The van der Waals surface area contributed by atoms with Crippen LogP contribution < -0.4 is 10.2 Å². The van der Waals surface area contributed by atoms with E-state index >= 15 is 0 Å². The van der Waals surface area contributed by atoms with Gasteiger partial charge in [-0.3, -0.25) is 9.69 Å². The van der Waals surface area contributed by atoms with Crippen molar-refractivity contribution in [2.75, 3.05) is 24.5 Å². The van der Waals surface area contributed by atoms with Gasteiger partial charge in [-0.2, -0.15) is 0 Å². The summed E-state index contributed by atoms with van der Waals surface area (Å²) >= 11 is 0. The van der Waals surface area contributed by atoms with Crippen LogP contribution in [-0.2, 0) is 9.59 Å². The largest absolute Gasteiger partial charge is 0.478 e. The van der Waals surface area contributed by atoms with Crippen LogP contribution in [0, 0.1) is 17.2 Å². The molecule has 0 bridgehead atoms. The molecule has 0 radical (unpaired) electrons. The molecule has 1 saturated heterocycles. The van der Waals surface area contributed by atoms with Crippen LogP contribution in [0.25, 0.3) is 0 Å². The van der Waals surface area contributed by atoms with Crippen LogP contribution in [-0.4, -0.2) is 60.1 Å². The predicted octanol–water partition coefficient (Wildman–Crippen LogP) is 3.18. The average Bonchev–Trinajstić information content (AvgIpc) is 3.23. The minimum Gasteiger partial charge on any atom is -0.478 e. The molecule has 172 valence electrons. The van der Waals surface area contributed by atoms with E-state index in [0.29, 0.717) is 36.4 Å². The number of anilines is 1. The first kappa shape index (κ1) is 21.4. The van der Waals surface area contributed by atoms with Gasteiger partial charge < -0.3 is 15.3 Å². The quantitative estimate of drug-likeness (QED) is 0.664. The molecule has 1 amide bonds. The summed E-state index contributed by atoms with van der Waals surface area (Å²) in [5, 5.41) is 12.6. The van der Waals surface area contributed by atoms with Crippen molar-refractivity contribution >= 4 is 18.1 Å². The molecule has 4 aliphatic rings. The Morgan fingerprint density at radius 2 is 1.94 bits per heavy atom.